The Hall–Kier alpha value is -1.54. The highest BCUT2D eigenvalue weighted by Gasteiger charge is 2.30. The average molecular weight is 428 g/mol. The first-order valence-corrected chi connectivity index (χ1v) is 11.6. The van der Waals surface area contributed by atoms with Gasteiger partial charge >= 0.3 is 6.09 Å². The van der Waals surface area contributed by atoms with Gasteiger partial charge in [-0.25, -0.2) is 4.79 Å². The molecule has 1 aliphatic rings. The predicted octanol–water partition coefficient (Wildman–Crippen LogP) is 2.47. The molecule has 0 aliphatic carbocycles. The zero-order chi connectivity index (χ0) is 22.6. The molecule has 0 saturated carbocycles. The van der Waals surface area contributed by atoms with E-state index in [2.05, 4.69) is 34.7 Å². The van der Waals surface area contributed by atoms with Crippen LogP contribution in [0.15, 0.2) is 4.99 Å². The number of aliphatic hydroxyl groups excluding tert-OH is 1. The summed E-state index contributed by atoms with van der Waals surface area (Å²) in [5.41, 5.74) is -0.956. The molecule has 30 heavy (non-hydrogen) atoms. The molecule has 1 aliphatic heterocycles. The molecule has 4 N–H and O–H groups in total. The lowest BCUT2D eigenvalue weighted by atomic mass is 9.93. The van der Waals surface area contributed by atoms with Crippen molar-refractivity contribution in [3.8, 4) is 0 Å². The first-order valence-electron chi connectivity index (χ1n) is 11.6. The van der Waals surface area contributed by atoms with Crippen LogP contribution in [0, 0.1) is 0 Å². The van der Waals surface area contributed by atoms with Gasteiger partial charge in [-0.2, -0.15) is 0 Å². The molecular formula is C22H45N5O3. The third kappa shape index (κ3) is 10.5. The highest BCUT2D eigenvalue weighted by Crippen LogP contribution is 2.17. The van der Waals surface area contributed by atoms with E-state index in [1.807, 2.05) is 27.7 Å². The van der Waals surface area contributed by atoms with Gasteiger partial charge in [-0.3, -0.25) is 4.99 Å². The molecule has 1 saturated heterocycles. The lowest BCUT2D eigenvalue weighted by Gasteiger charge is -2.32. The summed E-state index contributed by atoms with van der Waals surface area (Å²) < 4.78 is 5.44. The summed E-state index contributed by atoms with van der Waals surface area (Å²) >= 11 is 0. The third-order valence-electron chi connectivity index (χ3n) is 5.50. The molecule has 1 heterocycles. The van der Waals surface area contributed by atoms with Crippen LogP contribution in [0.4, 0.5) is 4.79 Å². The number of aliphatic hydroxyl groups is 1. The molecule has 1 amide bonds. The number of nitrogens with one attached hydrogen (secondary N) is 3. The molecule has 176 valence electrons. The number of hydrogen-bond donors (Lipinski definition) is 4. The number of carbonyl (C=O) groups excluding carboxylic acids is 1. The van der Waals surface area contributed by atoms with Crippen molar-refractivity contribution in [2.45, 2.75) is 90.9 Å². The van der Waals surface area contributed by atoms with Crippen LogP contribution in [0.1, 0.15) is 73.6 Å². The van der Waals surface area contributed by atoms with Gasteiger partial charge in [-0.1, -0.05) is 13.8 Å². The van der Waals surface area contributed by atoms with Gasteiger partial charge in [0.2, 0.25) is 0 Å². The first-order chi connectivity index (χ1) is 14.1. The van der Waals surface area contributed by atoms with E-state index in [1.54, 1.807) is 0 Å². The topological polar surface area (TPSA) is 98.2 Å². The first kappa shape index (κ1) is 26.5. The van der Waals surface area contributed by atoms with E-state index in [4.69, 9.17) is 9.73 Å². The van der Waals surface area contributed by atoms with Crippen molar-refractivity contribution < 1.29 is 14.6 Å². The Kier molecular flexibility index (Phi) is 11.5. The lowest BCUT2D eigenvalue weighted by molar-refractivity contribution is 0.0451. The Labute approximate surface area is 183 Å². The Balaban J connectivity index is 2.56. The molecule has 8 heteroatoms. The van der Waals surface area contributed by atoms with Crippen molar-refractivity contribution in [2.75, 3.05) is 39.3 Å². The second kappa shape index (κ2) is 13.0. The fraction of sp³-hybridized carbons (Fsp3) is 0.909. The van der Waals surface area contributed by atoms with E-state index < -0.39 is 17.2 Å². The maximum Gasteiger partial charge on any atom is 0.408 e. The number of rotatable bonds is 10. The smallest absolute Gasteiger partial charge is 0.408 e. The van der Waals surface area contributed by atoms with E-state index in [-0.39, 0.29) is 6.10 Å². The number of hydrogen-bond acceptors (Lipinski definition) is 5. The standard InChI is InChI=1S/C22H45N5O3/c1-7-22(8-2,26-20(29)30-21(4,5)6)17-25-19(23-9-3)24-13-10-14-27-15-11-18(28)12-16-27/h18,28H,7-17H2,1-6H3,(H,26,29)(H2,23,24,25). The summed E-state index contributed by atoms with van der Waals surface area (Å²) in [6.07, 6.45) is 3.78. The van der Waals surface area contributed by atoms with Crippen molar-refractivity contribution in [3.05, 3.63) is 0 Å². The molecule has 1 rings (SSSR count). The predicted molar refractivity (Wildman–Crippen MR) is 123 cm³/mol. The molecule has 0 aromatic rings. The molecule has 8 nitrogen and oxygen atoms in total. The minimum atomic E-state index is -0.524. The highest BCUT2D eigenvalue weighted by atomic mass is 16.6. The number of guanidine groups is 1. The minimum Gasteiger partial charge on any atom is -0.444 e. The number of piperidine rings is 1. The number of likely N-dealkylation sites (tertiary alicyclic amines) is 1. The van der Waals surface area contributed by atoms with Gasteiger partial charge in [-0.05, 0) is 66.3 Å². The summed E-state index contributed by atoms with van der Waals surface area (Å²) in [7, 11) is 0. The molecule has 0 aromatic carbocycles. The quantitative estimate of drug-likeness (QED) is 0.243. The number of amides is 1. The van der Waals surface area contributed by atoms with Crippen LogP contribution in [0.2, 0.25) is 0 Å². The van der Waals surface area contributed by atoms with Gasteiger partial charge in [-0.15, -0.1) is 0 Å². The molecule has 0 spiro atoms. The van der Waals surface area contributed by atoms with Crippen LogP contribution in [0.25, 0.3) is 0 Å². The Bertz CT molecular complexity index is 521. The van der Waals surface area contributed by atoms with Crippen LogP contribution in [0.5, 0.6) is 0 Å². The number of nitrogens with zero attached hydrogens (tertiary/aromatic N) is 2. The Morgan fingerprint density at radius 1 is 1.13 bits per heavy atom. The molecule has 1 fully saturated rings. The molecule has 0 bridgehead atoms. The SMILES string of the molecule is CCNC(=NCC(CC)(CC)NC(=O)OC(C)(C)C)NCCCN1CCC(O)CC1. The van der Waals surface area contributed by atoms with Crippen molar-refractivity contribution in [3.63, 3.8) is 0 Å². The fourth-order valence-electron chi connectivity index (χ4n) is 3.43. The zero-order valence-corrected chi connectivity index (χ0v) is 20.0. The number of carbonyl (C=O) groups is 1. The molecule has 0 atom stereocenters. The summed E-state index contributed by atoms with van der Waals surface area (Å²) in [6, 6.07) is 0. The van der Waals surface area contributed by atoms with Gasteiger partial charge in [0.05, 0.1) is 18.2 Å². The van der Waals surface area contributed by atoms with Gasteiger partial charge in [0.1, 0.15) is 5.60 Å². The van der Waals surface area contributed by atoms with E-state index in [0.29, 0.717) is 6.54 Å². The van der Waals surface area contributed by atoms with E-state index in [1.165, 1.54) is 0 Å². The molecular weight excluding hydrogens is 382 g/mol. The zero-order valence-electron chi connectivity index (χ0n) is 20.0. The lowest BCUT2D eigenvalue weighted by Crippen LogP contribution is -2.52. The number of alkyl carbamates (subject to hydrolysis) is 1. The Morgan fingerprint density at radius 3 is 2.30 bits per heavy atom. The summed E-state index contributed by atoms with van der Waals surface area (Å²) in [5, 5.41) is 19.3. The van der Waals surface area contributed by atoms with Crippen molar-refractivity contribution in [1.82, 2.24) is 20.9 Å². The third-order valence-corrected chi connectivity index (χ3v) is 5.50. The van der Waals surface area contributed by atoms with E-state index >= 15 is 0 Å². The summed E-state index contributed by atoms with van der Waals surface area (Å²) in [4.78, 5) is 19.5. The monoisotopic (exact) mass is 427 g/mol. The van der Waals surface area contributed by atoms with E-state index in [0.717, 1.165) is 70.8 Å². The van der Waals surface area contributed by atoms with Crippen molar-refractivity contribution >= 4 is 12.1 Å². The average Bonchev–Trinajstić information content (AvgIpc) is 2.68. The van der Waals surface area contributed by atoms with Crippen LogP contribution >= 0.6 is 0 Å². The van der Waals surface area contributed by atoms with Crippen molar-refractivity contribution in [2.24, 2.45) is 4.99 Å². The highest BCUT2D eigenvalue weighted by molar-refractivity contribution is 5.79. The van der Waals surface area contributed by atoms with Crippen LogP contribution in [-0.2, 0) is 4.74 Å². The van der Waals surface area contributed by atoms with Crippen molar-refractivity contribution in [1.29, 1.82) is 0 Å². The van der Waals surface area contributed by atoms with Crippen LogP contribution < -0.4 is 16.0 Å². The second-order valence-electron chi connectivity index (χ2n) is 9.16. The molecule has 0 radical (unpaired) electrons. The maximum absolute atomic E-state index is 12.3. The molecule has 0 unspecified atom stereocenters. The Morgan fingerprint density at radius 2 is 1.77 bits per heavy atom. The number of aliphatic imine (C=N–C) groups is 1. The summed E-state index contributed by atoms with van der Waals surface area (Å²) in [6.45, 7) is 16.8. The number of ether oxygens (including phenoxy) is 1. The maximum atomic E-state index is 12.3. The normalized spacial score (nSPS) is 17.0. The fourth-order valence-corrected chi connectivity index (χ4v) is 3.43. The van der Waals surface area contributed by atoms with Crippen LogP contribution in [0.3, 0.4) is 0 Å². The van der Waals surface area contributed by atoms with Gasteiger partial charge in [0.15, 0.2) is 5.96 Å². The van der Waals surface area contributed by atoms with Gasteiger partial charge in [0, 0.05) is 26.2 Å². The van der Waals surface area contributed by atoms with Gasteiger partial charge in [0.25, 0.3) is 0 Å². The molecule has 0 aromatic heterocycles. The van der Waals surface area contributed by atoms with Crippen LogP contribution in [-0.4, -0.2) is 78.6 Å². The minimum absolute atomic E-state index is 0.126. The second-order valence-corrected chi connectivity index (χ2v) is 9.16. The summed E-state index contributed by atoms with van der Waals surface area (Å²) in [5.74, 6) is 0.767. The largest absolute Gasteiger partial charge is 0.444 e. The van der Waals surface area contributed by atoms with Gasteiger partial charge < -0.3 is 30.7 Å². The van der Waals surface area contributed by atoms with E-state index in [9.17, 15) is 9.90 Å².